The Kier molecular flexibility index (Phi) is 4.04. The van der Waals surface area contributed by atoms with Gasteiger partial charge in [0.2, 0.25) is 0 Å². The SMILES string of the molecule is Nc1nc(-c2ccccc2)c2c(c1Cc1ccccc1)CCCC2. The summed E-state index contributed by atoms with van der Waals surface area (Å²) in [6.45, 7) is 0. The van der Waals surface area contributed by atoms with Gasteiger partial charge in [-0.3, -0.25) is 0 Å². The van der Waals surface area contributed by atoms with Crippen molar-refractivity contribution in [1.29, 1.82) is 0 Å². The second-order valence-corrected chi connectivity index (χ2v) is 6.52. The molecule has 0 bridgehead atoms. The number of nitrogens with two attached hydrogens (primary N) is 1. The molecule has 1 aromatic heterocycles. The summed E-state index contributed by atoms with van der Waals surface area (Å²) in [5, 5.41) is 0. The zero-order valence-corrected chi connectivity index (χ0v) is 13.8. The molecular weight excluding hydrogens is 292 g/mol. The molecule has 0 aliphatic heterocycles. The predicted molar refractivity (Wildman–Crippen MR) is 100.0 cm³/mol. The van der Waals surface area contributed by atoms with E-state index in [1.54, 1.807) is 0 Å². The van der Waals surface area contributed by atoms with Gasteiger partial charge in [-0.05, 0) is 42.4 Å². The van der Waals surface area contributed by atoms with Crippen LogP contribution in [0, 0.1) is 0 Å². The van der Waals surface area contributed by atoms with Crippen molar-refractivity contribution in [1.82, 2.24) is 4.98 Å². The molecule has 4 rings (SSSR count). The highest BCUT2D eigenvalue weighted by atomic mass is 14.9. The first-order valence-electron chi connectivity index (χ1n) is 8.72. The summed E-state index contributed by atoms with van der Waals surface area (Å²) in [7, 11) is 0. The molecule has 1 aliphatic carbocycles. The molecule has 1 aliphatic rings. The molecule has 2 N–H and O–H groups in total. The number of anilines is 1. The molecule has 0 saturated heterocycles. The Morgan fingerprint density at radius 1 is 0.792 bits per heavy atom. The Bertz CT molecular complexity index is 839. The molecule has 120 valence electrons. The molecule has 1 heterocycles. The minimum atomic E-state index is 0.693. The van der Waals surface area contributed by atoms with Crippen LogP contribution in [0.3, 0.4) is 0 Å². The van der Waals surface area contributed by atoms with Crippen molar-refractivity contribution in [3.8, 4) is 11.3 Å². The number of hydrogen-bond acceptors (Lipinski definition) is 2. The average Bonchev–Trinajstić information content (AvgIpc) is 2.65. The molecule has 0 amide bonds. The summed E-state index contributed by atoms with van der Waals surface area (Å²) in [4.78, 5) is 4.83. The van der Waals surface area contributed by atoms with Gasteiger partial charge in [-0.15, -0.1) is 0 Å². The Morgan fingerprint density at radius 2 is 1.42 bits per heavy atom. The third-order valence-corrected chi connectivity index (χ3v) is 4.93. The molecule has 0 radical (unpaired) electrons. The van der Waals surface area contributed by atoms with Crippen LogP contribution in [0.4, 0.5) is 5.82 Å². The Labute approximate surface area is 143 Å². The van der Waals surface area contributed by atoms with Crippen molar-refractivity contribution in [2.45, 2.75) is 32.1 Å². The van der Waals surface area contributed by atoms with Gasteiger partial charge in [0.15, 0.2) is 0 Å². The number of aromatic nitrogens is 1. The minimum absolute atomic E-state index is 0.693. The summed E-state index contributed by atoms with van der Waals surface area (Å²) in [5.74, 6) is 0.693. The Balaban J connectivity index is 1.84. The number of rotatable bonds is 3. The Morgan fingerprint density at radius 3 is 2.12 bits per heavy atom. The molecule has 0 fully saturated rings. The first-order valence-corrected chi connectivity index (χ1v) is 8.72. The Hall–Kier alpha value is -2.61. The van der Waals surface area contributed by atoms with Crippen LogP contribution < -0.4 is 5.73 Å². The van der Waals surface area contributed by atoms with Gasteiger partial charge < -0.3 is 5.73 Å². The number of benzene rings is 2. The summed E-state index contributed by atoms with van der Waals surface area (Å²) < 4.78 is 0. The highest BCUT2D eigenvalue weighted by Gasteiger charge is 2.21. The number of nitrogens with zero attached hydrogens (tertiary/aromatic N) is 1. The standard InChI is InChI=1S/C22H22N2/c23-22-20(15-16-9-3-1-4-10-16)18-13-7-8-14-19(18)21(24-22)17-11-5-2-6-12-17/h1-6,9-12H,7-8,13-15H2,(H2,23,24). The van der Waals surface area contributed by atoms with Crippen LogP contribution in [0.15, 0.2) is 60.7 Å². The van der Waals surface area contributed by atoms with Crippen molar-refractivity contribution < 1.29 is 0 Å². The van der Waals surface area contributed by atoms with Gasteiger partial charge in [0, 0.05) is 17.5 Å². The first-order chi connectivity index (χ1) is 11.8. The van der Waals surface area contributed by atoms with Gasteiger partial charge in [-0.25, -0.2) is 4.98 Å². The fourth-order valence-corrected chi connectivity index (χ4v) is 3.74. The molecule has 3 aromatic rings. The molecule has 0 unspecified atom stereocenters. The van der Waals surface area contributed by atoms with Crippen molar-refractivity contribution in [3.63, 3.8) is 0 Å². The largest absolute Gasteiger partial charge is 0.383 e. The van der Waals surface area contributed by atoms with Crippen LogP contribution in [-0.4, -0.2) is 4.98 Å². The van der Waals surface area contributed by atoms with Gasteiger partial charge in [-0.2, -0.15) is 0 Å². The molecular formula is C22H22N2. The quantitative estimate of drug-likeness (QED) is 0.754. The van der Waals surface area contributed by atoms with Crippen molar-refractivity contribution in [2.75, 3.05) is 5.73 Å². The molecule has 24 heavy (non-hydrogen) atoms. The second-order valence-electron chi connectivity index (χ2n) is 6.52. The van der Waals surface area contributed by atoms with Crippen molar-refractivity contribution in [2.24, 2.45) is 0 Å². The van der Waals surface area contributed by atoms with E-state index in [9.17, 15) is 0 Å². The van der Waals surface area contributed by atoms with Gasteiger partial charge in [0.05, 0.1) is 5.69 Å². The molecule has 0 saturated carbocycles. The lowest BCUT2D eigenvalue weighted by Crippen LogP contribution is -2.13. The zero-order valence-electron chi connectivity index (χ0n) is 13.8. The predicted octanol–water partition coefficient (Wildman–Crippen LogP) is 4.80. The van der Waals surface area contributed by atoms with Crippen molar-refractivity contribution in [3.05, 3.63) is 82.9 Å². The van der Waals surface area contributed by atoms with Crippen LogP contribution in [0.2, 0.25) is 0 Å². The van der Waals surface area contributed by atoms with E-state index in [-0.39, 0.29) is 0 Å². The van der Waals surface area contributed by atoms with Gasteiger partial charge in [0.25, 0.3) is 0 Å². The van der Waals surface area contributed by atoms with Crippen molar-refractivity contribution >= 4 is 5.82 Å². The summed E-state index contributed by atoms with van der Waals surface area (Å²) in [5.41, 5.74) is 14.1. The summed E-state index contributed by atoms with van der Waals surface area (Å²) in [6, 6.07) is 21.0. The van der Waals surface area contributed by atoms with Crippen LogP contribution in [0.5, 0.6) is 0 Å². The van der Waals surface area contributed by atoms with E-state index in [4.69, 9.17) is 10.7 Å². The summed E-state index contributed by atoms with van der Waals surface area (Å²) >= 11 is 0. The van der Waals surface area contributed by atoms with Gasteiger partial charge in [0.1, 0.15) is 5.82 Å². The molecule has 0 spiro atoms. The third-order valence-electron chi connectivity index (χ3n) is 4.93. The maximum Gasteiger partial charge on any atom is 0.127 e. The first kappa shape index (κ1) is 14.9. The van der Waals surface area contributed by atoms with E-state index in [1.807, 2.05) is 6.07 Å². The van der Waals surface area contributed by atoms with E-state index in [0.29, 0.717) is 5.82 Å². The lowest BCUT2D eigenvalue weighted by molar-refractivity contribution is 0.678. The topological polar surface area (TPSA) is 38.9 Å². The second kappa shape index (κ2) is 6.48. The molecule has 2 aromatic carbocycles. The summed E-state index contributed by atoms with van der Waals surface area (Å²) in [6.07, 6.45) is 5.57. The van der Waals surface area contributed by atoms with Crippen LogP contribution >= 0.6 is 0 Å². The smallest absolute Gasteiger partial charge is 0.127 e. The van der Waals surface area contributed by atoms with E-state index >= 15 is 0 Å². The lowest BCUT2D eigenvalue weighted by Gasteiger charge is -2.24. The number of fused-ring (bicyclic) bond motifs is 1. The number of pyridine rings is 1. The third kappa shape index (κ3) is 2.80. The maximum atomic E-state index is 6.42. The zero-order chi connectivity index (χ0) is 16.4. The van der Waals surface area contributed by atoms with E-state index in [2.05, 4.69) is 54.6 Å². The average molecular weight is 314 g/mol. The number of hydrogen-bond donors (Lipinski definition) is 1. The minimum Gasteiger partial charge on any atom is -0.383 e. The van der Waals surface area contributed by atoms with Gasteiger partial charge in [-0.1, -0.05) is 60.7 Å². The molecule has 2 nitrogen and oxygen atoms in total. The van der Waals surface area contributed by atoms with E-state index in [1.165, 1.54) is 40.7 Å². The fourth-order valence-electron chi connectivity index (χ4n) is 3.74. The highest BCUT2D eigenvalue weighted by molar-refractivity contribution is 5.69. The van der Waals surface area contributed by atoms with E-state index in [0.717, 1.165) is 25.0 Å². The van der Waals surface area contributed by atoms with E-state index < -0.39 is 0 Å². The fraction of sp³-hybridized carbons (Fsp3) is 0.227. The highest BCUT2D eigenvalue weighted by Crippen LogP contribution is 2.35. The maximum absolute atomic E-state index is 6.42. The monoisotopic (exact) mass is 314 g/mol. The number of nitrogen functional groups attached to an aromatic ring is 1. The van der Waals surface area contributed by atoms with Crippen LogP contribution in [0.25, 0.3) is 11.3 Å². The van der Waals surface area contributed by atoms with Crippen LogP contribution in [0.1, 0.15) is 35.1 Å². The lowest BCUT2D eigenvalue weighted by atomic mass is 9.84. The molecule has 2 heteroatoms. The van der Waals surface area contributed by atoms with Crippen LogP contribution in [-0.2, 0) is 19.3 Å². The molecule has 0 atom stereocenters. The normalized spacial score (nSPS) is 13.5. The van der Waals surface area contributed by atoms with Gasteiger partial charge >= 0.3 is 0 Å².